The van der Waals surface area contributed by atoms with Crippen LogP contribution >= 0.6 is 11.8 Å². The summed E-state index contributed by atoms with van der Waals surface area (Å²) in [5.74, 6) is 1.53. The molecule has 2 amide bonds. The summed E-state index contributed by atoms with van der Waals surface area (Å²) in [5.41, 5.74) is 1.38. The number of aromatic nitrogens is 2. The number of carbonyl (C=O) groups excluding carboxylic acids is 1. The second-order valence-electron chi connectivity index (χ2n) is 8.25. The van der Waals surface area contributed by atoms with Gasteiger partial charge in [0, 0.05) is 35.0 Å². The van der Waals surface area contributed by atoms with E-state index < -0.39 is 17.8 Å². The van der Waals surface area contributed by atoms with Gasteiger partial charge in [-0.05, 0) is 36.4 Å². The van der Waals surface area contributed by atoms with Gasteiger partial charge in [0.15, 0.2) is 22.5 Å². The van der Waals surface area contributed by atoms with E-state index in [0.29, 0.717) is 45.5 Å². The molecular formula is C25H21F3N6O3S. The van der Waals surface area contributed by atoms with Gasteiger partial charge in [-0.1, -0.05) is 17.8 Å². The Morgan fingerprint density at radius 1 is 1.11 bits per heavy atom. The maximum atomic E-state index is 12.9. The topological polar surface area (TPSA) is 110 Å². The number of halogens is 3. The van der Waals surface area contributed by atoms with Crippen molar-refractivity contribution in [3.8, 4) is 11.5 Å². The Kier molecular flexibility index (Phi) is 6.85. The Morgan fingerprint density at radius 2 is 1.89 bits per heavy atom. The number of alkyl halides is 3. The smallest absolute Gasteiger partial charge is 0.416 e. The molecule has 0 spiro atoms. The number of fused-ring (bicyclic) bond motifs is 2. The Bertz CT molecular complexity index is 1510. The number of urea groups is 1. The molecule has 38 heavy (non-hydrogen) atoms. The van der Waals surface area contributed by atoms with Gasteiger partial charge in [0.2, 0.25) is 0 Å². The summed E-state index contributed by atoms with van der Waals surface area (Å²) in [6, 6.07) is 7.35. The van der Waals surface area contributed by atoms with E-state index in [0.717, 1.165) is 17.8 Å². The van der Waals surface area contributed by atoms with Crippen molar-refractivity contribution < 1.29 is 27.4 Å². The molecule has 1 aromatic heterocycles. The largest absolute Gasteiger partial charge is 0.493 e. The maximum Gasteiger partial charge on any atom is 0.416 e. The van der Waals surface area contributed by atoms with Crippen LogP contribution in [0.15, 0.2) is 71.3 Å². The van der Waals surface area contributed by atoms with Crippen LogP contribution in [-0.4, -0.2) is 40.6 Å². The number of hydrogen-bond acceptors (Lipinski definition) is 7. The number of nitrogens with one attached hydrogen (secondary N) is 3. The lowest BCUT2D eigenvalue weighted by Gasteiger charge is -2.18. The normalized spacial score (nSPS) is 17.8. The minimum atomic E-state index is -4.50. The van der Waals surface area contributed by atoms with Gasteiger partial charge in [-0.3, -0.25) is 0 Å². The Labute approximate surface area is 219 Å². The molecule has 1 fully saturated rings. The van der Waals surface area contributed by atoms with E-state index in [-0.39, 0.29) is 10.9 Å². The van der Waals surface area contributed by atoms with Crippen molar-refractivity contribution in [1.29, 1.82) is 0 Å². The molecule has 1 aliphatic carbocycles. The van der Waals surface area contributed by atoms with Crippen LogP contribution in [0.1, 0.15) is 12.0 Å². The third-order valence-electron chi connectivity index (χ3n) is 5.77. The molecular weight excluding hydrogens is 521 g/mol. The highest BCUT2D eigenvalue weighted by Gasteiger charge is 2.31. The van der Waals surface area contributed by atoms with Crippen molar-refractivity contribution >= 4 is 45.4 Å². The highest BCUT2D eigenvalue weighted by atomic mass is 32.2. The molecule has 1 unspecified atom stereocenters. The number of allylic oxidation sites excluding steroid dienone is 3. The average Bonchev–Trinajstić information content (AvgIpc) is 3.29. The van der Waals surface area contributed by atoms with Crippen LogP contribution in [0, 0.1) is 0 Å². The summed E-state index contributed by atoms with van der Waals surface area (Å²) in [4.78, 5) is 25.7. The summed E-state index contributed by atoms with van der Waals surface area (Å²) < 4.78 is 49.5. The minimum absolute atomic E-state index is 0.0367. The van der Waals surface area contributed by atoms with Crippen molar-refractivity contribution in [2.24, 2.45) is 4.99 Å². The summed E-state index contributed by atoms with van der Waals surface area (Å²) in [5, 5.41) is 9.70. The van der Waals surface area contributed by atoms with Crippen molar-refractivity contribution in [3.63, 3.8) is 0 Å². The van der Waals surface area contributed by atoms with E-state index in [9.17, 15) is 18.0 Å². The zero-order valence-corrected chi connectivity index (χ0v) is 20.9. The van der Waals surface area contributed by atoms with Crippen molar-refractivity contribution in [2.75, 3.05) is 19.5 Å². The van der Waals surface area contributed by atoms with Gasteiger partial charge in [0.05, 0.1) is 30.5 Å². The molecule has 0 radical (unpaired) electrons. The molecule has 3 aromatic rings. The number of nitrogens with zero attached hydrogens (tertiary/aromatic N) is 3. The molecule has 3 N–H and O–H groups in total. The third kappa shape index (κ3) is 5.37. The van der Waals surface area contributed by atoms with Crippen LogP contribution < -0.4 is 25.4 Å². The lowest BCUT2D eigenvalue weighted by Crippen LogP contribution is -2.30. The quantitative estimate of drug-likeness (QED) is 0.399. The minimum Gasteiger partial charge on any atom is -0.493 e. The Hall–Kier alpha value is -4.26. The molecule has 2 heterocycles. The fourth-order valence-corrected chi connectivity index (χ4v) is 5.09. The summed E-state index contributed by atoms with van der Waals surface area (Å²) in [6.07, 6.45) is 0.977. The average molecular weight is 543 g/mol. The number of methoxy groups -OCH3 is 2. The van der Waals surface area contributed by atoms with E-state index in [2.05, 4.69) is 30.9 Å². The molecule has 5 rings (SSSR count). The van der Waals surface area contributed by atoms with E-state index in [1.54, 1.807) is 32.4 Å². The first kappa shape index (κ1) is 25.4. The molecule has 13 heteroatoms. The number of benzene rings is 2. The van der Waals surface area contributed by atoms with E-state index in [1.807, 2.05) is 6.08 Å². The zero-order valence-electron chi connectivity index (χ0n) is 20.1. The first-order valence-electron chi connectivity index (χ1n) is 11.3. The van der Waals surface area contributed by atoms with Crippen LogP contribution in [0.4, 0.5) is 29.5 Å². The van der Waals surface area contributed by atoms with Crippen LogP contribution in [0.2, 0.25) is 0 Å². The highest BCUT2D eigenvalue weighted by Crippen LogP contribution is 2.38. The van der Waals surface area contributed by atoms with E-state index in [4.69, 9.17) is 9.47 Å². The number of ether oxygens (including phenoxy) is 2. The maximum absolute atomic E-state index is 12.9. The first-order valence-corrected chi connectivity index (χ1v) is 12.2. The van der Waals surface area contributed by atoms with Gasteiger partial charge < -0.3 is 25.4 Å². The SMILES string of the molecule is COc1cc2ncnc(N=C3NC4=CC=C(NC(=O)Nc5cccc(C(F)(F)F)c5)CC4S3)c2cc1OC. The Balaban J connectivity index is 1.26. The second kappa shape index (κ2) is 10.2. The van der Waals surface area contributed by atoms with Gasteiger partial charge in [0.1, 0.15) is 6.33 Å². The number of hydrogen-bond donors (Lipinski definition) is 3. The summed E-state index contributed by atoms with van der Waals surface area (Å²) in [6.45, 7) is 0. The number of aliphatic imine (C=N–C) groups is 1. The predicted octanol–water partition coefficient (Wildman–Crippen LogP) is 5.35. The fourth-order valence-electron chi connectivity index (χ4n) is 3.97. The Morgan fingerprint density at radius 3 is 2.66 bits per heavy atom. The van der Waals surface area contributed by atoms with E-state index in [1.165, 1.54) is 30.2 Å². The van der Waals surface area contributed by atoms with Crippen LogP contribution in [0.3, 0.4) is 0 Å². The molecule has 9 nitrogen and oxygen atoms in total. The lowest BCUT2D eigenvalue weighted by atomic mass is 10.1. The number of carbonyl (C=O) groups is 1. The molecule has 196 valence electrons. The van der Waals surface area contributed by atoms with Crippen molar-refractivity contribution in [3.05, 3.63) is 71.8 Å². The molecule has 2 aliphatic rings. The first-order chi connectivity index (χ1) is 18.2. The summed E-state index contributed by atoms with van der Waals surface area (Å²) >= 11 is 1.47. The number of thioether (sulfide) groups is 1. The van der Waals surface area contributed by atoms with Gasteiger partial charge >= 0.3 is 12.2 Å². The zero-order chi connectivity index (χ0) is 26.9. The van der Waals surface area contributed by atoms with Gasteiger partial charge in [-0.15, -0.1) is 0 Å². The molecule has 0 bridgehead atoms. The van der Waals surface area contributed by atoms with Gasteiger partial charge in [0.25, 0.3) is 0 Å². The fraction of sp³-hybridized carbons (Fsp3) is 0.200. The van der Waals surface area contributed by atoms with Crippen LogP contribution in [0.25, 0.3) is 10.9 Å². The van der Waals surface area contributed by atoms with Crippen molar-refractivity contribution in [1.82, 2.24) is 20.6 Å². The number of amides is 2. The molecule has 1 atom stereocenters. The monoisotopic (exact) mass is 542 g/mol. The number of rotatable bonds is 5. The van der Waals surface area contributed by atoms with Crippen molar-refractivity contribution in [2.45, 2.75) is 17.8 Å². The number of anilines is 1. The third-order valence-corrected chi connectivity index (χ3v) is 6.89. The highest BCUT2D eigenvalue weighted by molar-refractivity contribution is 8.15. The summed E-state index contributed by atoms with van der Waals surface area (Å²) in [7, 11) is 3.09. The lowest BCUT2D eigenvalue weighted by molar-refractivity contribution is -0.137. The van der Waals surface area contributed by atoms with Gasteiger partial charge in [-0.25, -0.2) is 19.8 Å². The van der Waals surface area contributed by atoms with Crippen LogP contribution in [0.5, 0.6) is 11.5 Å². The number of amidine groups is 1. The second-order valence-corrected chi connectivity index (χ2v) is 9.44. The van der Waals surface area contributed by atoms with E-state index >= 15 is 0 Å². The van der Waals surface area contributed by atoms with Crippen LogP contribution in [-0.2, 0) is 6.18 Å². The van der Waals surface area contributed by atoms with Gasteiger partial charge in [-0.2, -0.15) is 13.2 Å². The molecule has 2 aromatic carbocycles. The molecule has 1 aliphatic heterocycles. The predicted molar refractivity (Wildman–Crippen MR) is 139 cm³/mol. The molecule has 0 saturated carbocycles. The molecule has 1 saturated heterocycles. The standard InChI is InChI=1S/C25H21F3N6O3S/c1-36-19-10-16-18(11-20(19)37-2)29-12-30-22(16)34-24-33-17-7-6-15(9-21(17)38-24)32-23(35)31-14-5-3-4-13(8-14)25(26,27)28/h3-8,10-12,21H,9H2,1-2H3,(H2,31,32,35)(H,29,30,33,34).